The number of benzene rings is 2. The maximum atomic E-state index is 13.5. The summed E-state index contributed by atoms with van der Waals surface area (Å²) in [4.78, 5) is 6.84. The van der Waals surface area contributed by atoms with E-state index in [-0.39, 0.29) is 4.90 Å². The van der Waals surface area contributed by atoms with E-state index in [0.717, 1.165) is 34.6 Å². The predicted molar refractivity (Wildman–Crippen MR) is 120 cm³/mol. The Morgan fingerprint density at radius 2 is 1.84 bits per heavy atom. The SMILES string of the molecule is CCOc1ccc(Cc2csc(N3CCN(S(=O)(=O)c4cccc(F)c4)CC3)n2)cc1. The maximum absolute atomic E-state index is 13.5. The number of anilines is 1. The summed E-state index contributed by atoms with van der Waals surface area (Å²) >= 11 is 1.57. The lowest BCUT2D eigenvalue weighted by Crippen LogP contribution is -2.48. The van der Waals surface area contributed by atoms with Gasteiger partial charge >= 0.3 is 0 Å². The molecule has 1 aliphatic heterocycles. The van der Waals surface area contributed by atoms with Crippen LogP contribution in [0.3, 0.4) is 0 Å². The maximum Gasteiger partial charge on any atom is 0.243 e. The highest BCUT2D eigenvalue weighted by molar-refractivity contribution is 7.89. The Kier molecular flexibility index (Phi) is 6.54. The Hall–Kier alpha value is -2.49. The van der Waals surface area contributed by atoms with Gasteiger partial charge in [-0.3, -0.25) is 0 Å². The van der Waals surface area contributed by atoms with Crippen molar-refractivity contribution in [1.82, 2.24) is 9.29 Å². The quantitative estimate of drug-likeness (QED) is 0.536. The molecule has 0 N–H and O–H groups in total. The number of halogens is 1. The largest absolute Gasteiger partial charge is 0.494 e. The summed E-state index contributed by atoms with van der Waals surface area (Å²) in [7, 11) is -3.69. The Bertz CT molecular complexity index is 1120. The lowest BCUT2D eigenvalue weighted by molar-refractivity contribution is 0.340. The van der Waals surface area contributed by atoms with Crippen molar-refractivity contribution < 1.29 is 17.5 Å². The van der Waals surface area contributed by atoms with E-state index in [9.17, 15) is 12.8 Å². The molecule has 0 radical (unpaired) electrons. The molecular weight excluding hydrogens is 437 g/mol. The molecule has 0 aliphatic carbocycles. The van der Waals surface area contributed by atoms with Gasteiger partial charge in [0.15, 0.2) is 5.13 Å². The van der Waals surface area contributed by atoms with Gasteiger partial charge in [0.05, 0.1) is 17.2 Å². The summed E-state index contributed by atoms with van der Waals surface area (Å²) < 4.78 is 45.9. The zero-order valence-electron chi connectivity index (χ0n) is 17.2. The molecule has 1 fully saturated rings. The molecule has 6 nitrogen and oxygen atoms in total. The zero-order valence-corrected chi connectivity index (χ0v) is 18.8. The van der Waals surface area contributed by atoms with E-state index in [1.165, 1.54) is 22.5 Å². The van der Waals surface area contributed by atoms with Crippen molar-refractivity contribution in [2.75, 3.05) is 37.7 Å². The second-order valence-corrected chi connectivity index (χ2v) is 10.00. The number of hydrogen-bond acceptors (Lipinski definition) is 6. The molecule has 9 heteroatoms. The summed E-state index contributed by atoms with van der Waals surface area (Å²) in [6, 6.07) is 13.2. The average molecular weight is 462 g/mol. The molecule has 0 unspecified atom stereocenters. The molecular formula is C22H24FN3O3S2. The van der Waals surface area contributed by atoms with Crippen LogP contribution >= 0.6 is 11.3 Å². The second-order valence-electron chi connectivity index (χ2n) is 7.22. The minimum absolute atomic E-state index is 0.00663. The number of thiazole rings is 1. The molecule has 0 saturated carbocycles. The van der Waals surface area contributed by atoms with E-state index in [1.807, 2.05) is 36.6 Å². The average Bonchev–Trinajstić information content (AvgIpc) is 3.24. The van der Waals surface area contributed by atoms with Gasteiger partial charge in [0.2, 0.25) is 10.0 Å². The standard InChI is InChI=1S/C22H24FN3O3S2/c1-2-29-20-8-6-17(7-9-20)14-19-16-30-22(24-19)25-10-12-26(13-11-25)31(27,28)21-5-3-4-18(23)15-21/h3-9,15-16H,2,10-14H2,1H3. The molecule has 3 aromatic rings. The molecule has 0 atom stereocenters. The lowest BCUT2D eigenvalue weighted by Gasteiger charge is -2.33. The van der Waals surface area contributed by atoms with Gasteiger partial charge in [0.25, 0.3) is 0 Å². The van der Waals surface area contributed by atoms with Crippen LogP contribution in [-0.2, 0) is 16.4 Å². The smallest absolute Gasteiger partial charge is 0.243 e. The van der Waals surface area contributed by atoms with Crippen LogP contribution in [0, 0.1) is 5.82 Å². The molecule has 2 aromatic carbocycles. The van der Waals surface area contributed by atoms with Crippen molar-refractivity contribution >= 4 is 26.5 Å². The van der Waals surface area contributed by atoms with Gasteiger partial charge in [-0.1, -0.05) is 18.2 Å². The molecule has 4 rings (SSSR count). The fourth-order valence-electron chi connectivity index (χ4n) is 3.50. The molecule has 0 amide bonds. The van der Waals surface area contributed by atoms with Gasteiger partial charge in [0, 0.05) is 38.0 Å². The first-order valence-corrected chi connectivity index (χ1v) is 12.4. The molecule has 1 aliphatic rings. The number of nitrogens with zero attached hydrogens (tertiary/aromatic N) is 3. The van der Waals surface area contributed by atoms with Crippen molar-refractivity contribution in [3.05, 3.63) is 71.0 Å². The van der Waals surface area contributed by atoms with Crippen molar-refractivity contribution in [3.63, 3.8) is 0 Å². The van der Waals surface area contributed by atoms with E-state index in [4.69, 9.17) is 9.72 Å². The van der Waals surface area contributed by atoms with Crippen LogP contribution in [0.15, 0.2) is 58.8 Å². The van der Waals surface area contributed by atoms with Crippen LogP contribution in [0.1, 0.15) is 18.2 Å². The third-order valence-electron chi connectivity index (χ3n) is 5.10. The number of rotatable bonds is 7. The summed E-state index contributed by atoms with van der Waals surface area (Å²) in [5, 5.41) is 2.94. The van der Waals surface area contributed by atoms with Gasteiger partial charge in [-0.2, -0.15) is 4.31 Å². The van der Waals surface area contributed by atoms with Crippen LogP contribution in [0.5, 0.6) is 5.75 Å². The Labute approximate surface area is 186 Å². The first-order chi connectivity index (χ1) is 15.0. The second kappa shape index (κ2) is 9.33. The van der Waals surface area contributed by atoms with Crippen LogP contribution < -0.4 is 9.64 Å². The number of piperazine rings is 1. The number of ether oxygens (including phenoxy) is 1. The highest BCUT2D eigenvalue weighted by atomic mass is 32.2. The van der Waals surface area contributed by atoms with Crippen molar-refractivity contribution in [1.29, 1.82) is 0 Å². The first-order valence-electron chi connectivity index (χ1n) is 10.1. The van der Waals surface area contributed by atoms with E-state index < -0.39 is 15.8 Å². The van der Waals surface area contributed by atoms with Gasteiger partial charge < -0.3 is 9.64 Å². The van der Waals surface area contributed by atoms with E-state index >= 15 is 0 Å². The summed E-state index contributed by atoms with van der Waals surface area (Å²) in [5.74, 6) is 0.304. The number of sulfonamides is 1. The molecule has 164 valence electrons. The normalized spacial score (nSPS) is 15.2. The third kappa shape index (κ3) is 5.06. The summed E-state index contributed by atoms with van der Waals surface area (Å²) in [6.07, 6.45) is 0.733. The molecule has 0 spiro atoms. The highest BCUT2D eigenvalue weighted by Gasteiger charge is 2.29. The van der Waals surface area contributed by atoms with E-state index in [0.29, 0.717) is 32.8 Å². The predicted octanol–water partition coefficient (Wildman–Crippen LogP) is 3.78. The summed E-state index contributed by atoms with van der Waals surface area (Å²) in [6.45, 7) is 4.38. The van der Waals surface area contributed by atoms with E-state index in [2.05, 4.69) is 4.90 Å². The molecule has 2 heterocycles. The summed E-state index contributed by atoms with van der Waals surface area (Å²) in [5.41, 5.74) is 2.14. The lowest BCUT2D eigenvalue weighted by atomic mass is 10.1. The topological polar surface area (TPSA) is 62.7 Å². The van der Waals surface area contributed by atoms with Gasteiger partial charge in [-0.15, -0.1) is 11.3 Å². The van der Waals surface area contributed by atoms with Crippen molar-refractivity contribution in [2.24, 2.45) is 0 Å². The monoisotopic (exact) mass is 461 g/mol. The minimum atomic E-state index is -3.69. The molecule has 0 bridgehead atoms. The third-order valence-corrected chi connectivity index (χ3v) is 7.95. The minimum Gasteiger partial charge on any atom is -0.494 e. The highest BCUT2D eigenvalue weighted by Crippen LogP contribution is 2.26. The molecule has 1 aromatic heterocycles. The van der Waals surface area contributed by atoms with Crippen molar-refractivity contribution in [2.45, 2.75) is 18.2 Å². The van der Waals surface area contributed by atoms with E-state index in [1.54, 1.807) is 11.3 Å². The van der Waals surface area contributed by atoms with Crippen LogP contribution in [0.25, 0.3) is 0 Å². The van der Waals surface area contributed by atoms with Crippen molar-refractivity contribution in [3.8, 4) is 5.75 Å². The fourth-order valence-corrected chi connectivity index (χ4v) is 5.83. The molecule has 1 saturated heterocycles. The van der Waals surface area contributed by atoms with Gasteiger partial charge in [-0.05, 0) is 42.8 Å². The number of aromatic nitrogens is 1. The zero-order chi connectivity index (χ0) is 21.8. The van der Waals surface area contributed by atoms with Gasteiger partial charge in [-0.25, -0.2) is 17.8 Å². The van der Waals surface area contributed by atoms with Crippen LogP contribution in [0.4, 0.5) is 9.52 Å². The fraction of sp³-hybridized carbons (Fsp3) is 0.318. The molecule has 31 heavy (non-hydrogen) atoms. The Balaban J connectivity index is 1.37. The van der Waals surface area contributed by atoms with Crippen LogP contribution in [0.2, 0.25) is 0 Å². The first kappa shape index (κ1) is 21.7. The van der Waals surface area contributed by atoms with Crippen LogP contribution in [-0.4, -0.2) is 50.5 Å². The Morgan fingerprint density at radius 1 is 1.10 bits per heavy atom. The Morgan fingerprint density at radius 3 is 2.52 bits per heavy atom. The van der Waals surface area contributed by atoms with Gasteiger partial charge in [0.1, 0.15) is 11.6 Å². The number of hydrogen-bond donors (Lipinski definition) is 0.